The van der Waals surface area contributed by atoms with Crippen LogP contribution in [0.25, 0.3) is 11.1 Å². The van der Waals surface area contributed by atoms with Gasteiger partial charge in [-0.25, -0.2) is 9.78 Å². The third kappa shape index (κ3) is 6.80. The number of H-pyrrole nitrogens is 1. The molecule has 168 valence electrons. The first-order chi connectivity index (χ1) is 15.6. The summed E-state index contributed by atoms with van der Waals surface area (Å²) in [5.41, 5.74) is 10.1. The Kier molecular flexibility index (Phi) is 6.94. The van der Waals surface area contributed by atoms with Crippen molar-refractivity contribution in [1.82, 2.24) is 0 Å². The number of hydrogen-bond donors (Lipinski definition) is 3. The summed E-state index contributed by atoms with van der Waals surface area (Å²) in [5, 5.41) is 14.9. The predicted molar refractivity (Wildman–Crippen MR) is 129 cm³/mol. The number of hydrogen-bond acceptors (Lipinski definition) is 4. The van der Waals surface area contributed by atoms with E-state index in [-0.39, 0.29) is 5.96 Å². The van der Waals surface area contributed by atoms with Gasteiger partial charge in [-0.2, -0.15) is 5.26 Å². The van der Waals surface area contributed by atoms with Gasteiger partial charge in [0.15, 0.2) is 0 Å². The van der Waals surface area contributed by atoms with E-state index in [0.717, 1.165) is 16.7 Å². The minimum atomic E-state index is -0.555. The molecule has 0 aliphatic rings. The van der Waals surface area contributed by atoms with Gasteiger partial charge in [0.1, 0.15) is 11.7 Å². The monoisotopic (exact) mass is 443 g/mol. The van der Waals surface area contributed by atoms with Crippen LogP contribution in [0.3, 0.4) is 0 Å². The average Bonchev–Trinajstić information content (AvgIpc) is 2.74. The Hall–Kier alpha value is -4.38. The van der Waals surface area contributed by atoms with Crippen LogP contribution in [0.2, 0.25) is 0 Å². The van der Waals surface area contributed by atoms with E-state index in [1.54, 1.807) is 12.1 Å². The van der Waals surface area contributed by atoms with Crippen molar-refractivity contribution in [3.8, 4) is 17.2 Å². The molecule has 3 aromatic rings. The molecular weight excluding hydrogens is 416 g/mol. The predicted octanol–water partition coefficient (Wildman–Crippen LogP) is 4.75. The number of nitrogens with zero attached hydrogens (tertiary/aromatic N) is 2. The molecule has 1 amide bonds. The van der Waals surface area contributed by atoms with Crippen LogP contribution in [0.1, 0.15) is 31.9 Å². The minimum absolute atomic E-state index is 0.165. The zero-order valence-corrected chi connectivity index (χ0v) is 19.1. The molecular formula is C25H27N6O2+. The molecule has 0 radical (unpaired) electrons. The fourth-order valence-corrected chi connectivity index (χ4v) is 2.99. The molecule has 0 saturated heterocycles. The smallest absolute Gasteiger partial charge is 0.412 e. The van der Waals surface area contributed by atoms with Crippen LogP contribution in [-0.2, 0) is 4.74 Å². The standard InChI is InChI=1S/C25H26N6O2/c1-16-5-6-18(14-26)21(13-16)30-23(27)31-22-12-9-19(15-28-22)17-7-10-20(11-8-17)29-24(32)33-25(2,3)4/h5-13,15H,1-4H3,(H,29,32)(H3,27,28,30,31)/p+1. The highest BCUT2D eigenvalue weighted by molar-refractivity contribution is 5.94. The highest BCUT2D eigenvalue weighted by Gasteiger charge is 2.16. The topological polar surface area (TPSA) is 127 Å². The van der Waals surface area contributed by atoms with E-state index in [2.05, 4.69) is 26.7 Å². The second-order valence-corrected chi connectivity index (χ2v) is 8.45. The maximum absolute atomic E-state index is 11.9. The Morgan fingerprint density at radius 2 is 1.76 bits per heavy atom. The van der Waals surface area contributed by atoms with Crippen molar-refractivity contribution in [2.75, 3.05) is 10.6 Å². The van der Waals surface area contributed by atoms with Crippen molar-refractivity contribution < 1.29 is 14.5 Å². The number of ether oxygens (including phenoxy) is 1. The fraction of sp³-hybridized carbons (Fsp3) is 0.200. The molecule has 3 rings (SSSR count). The van der Waals surface area contributed by atoms with Crippen LogP contribution in [0.5, 0.6) is 0 Å². The van der Waals surface area contributed by atoms with Crippen molar-refractivity contribution in [2.24, 2.45) is 10.7 Å². The molecule has 0 unspecified atom stereocenters. The number of nitrogens with two attached hydrogens (primary N) is 1. The van der Waals surface area contributed by atoms with Gasteiger partial charge >= 0.3 is 17.9 Å². The third-order valence-corrected chi connectivity index (χ3v) is 4.46. The summed E-state index contributed by atoms with van der Waals surface area (Å²) in [5.74, 6) is 0.719. The number of anilines is 2. The van der Waals surface area contributed by atoms with Crippen LogP contribution in [0, 0.1) is 18.3 Å². The summed E-state index contributed by atoms with van der Waals surface area (Å²) < 4.78 is 5.26. The lowest BCUT2D eigenvalue weighted by atomic mass is 10.1. The molecule has 0 fully saturated rings. The van der Waals surface area contributed by atoms with Crippen molar-refractivity contribution in [2.45, 2.75) is 33.3 Å². The van der Waals surface area contributed by atoms with Crippen LogP contribution in [0.4, 0.5) is 22.0 Å². The second kappa shape index (κ2) is 9.83. The molecule has 2 aromatic carbocycles. The number of aliphatic imine (C=N–C) groups is 1. The van der Waals surface area contributed by atoms with Gasteiger partial charge in [-0.15, -0.1) is 0 Å². The third-order valence-electron chi connectivity index (χ3n) is 4.46. The number of aryl methyl sites for hydroxylation is 1. The SMILES string of the molecule is Cc1ccc(C#N)c(NC(N)=Nc2ccc(-c3ccc(NC(=O)OC(C)(C)C)cc3)c[nH+]2)c1. The van der Waals surface area contributed by atoms with E-state index in [0.29, 0.717) is 22.8 Å². The van der Waals surface area contributed by atoms with Gasteiger partial charge in [-0.1, -0.05) is 18.2 Å². The number of rotatable bonds is 4. The van der Waals surface area contributed by atoms with Gasteiger partial charge in [0.2, 0.25) is 0 Å². The number of amides is 1. The molecule has 33 heavy (non-hydrogen) atoms. The lowest BCUT2D eigenvalue weighted by Gasteiger charge is -2.19. The van der Waals surface area contributed by atoms with Gasteiger partial charge in [0, 0.05) is 17.3 Å². The van der Waals surface area contributed by atoms with Gasteiger partial charge < -0.3 is 15.8 Å². The highest BCUT2D eigenvalue weighted by Crippen LogP contribution is 2.22. The van der Waals surface area contributed by atoms with Gasteiger partial charge in [-0.05, 0) is 74.1 Å². The Bertz CT molecular complexity index is 1200. The normalized spacial score (nSPS) is 11.4. The summed E-state index contributed by atoms with van der Waals surface area (Å²) in [6.07, 6.45) is 1.32. The van der Waals surface area contributed by atoms with E-state index in [1.807, 2.05) is 76.4 Å². The van der Waals surface area contributed by atoms with Gasteiger partial charge in [-0.3, -0.25) is 5.32 Å². The van der Waals surface area contributed by atoms with Crippen LogP contribution >= 0.6 is 0 Å². The Morgan fingerprint density at radius 1 is 1.06 bits per heavy atom. The summed E-state index contributed by atoms with van der Waals surface area (Å²) in [6, 6.07) is 18.7. The molecule has 0 atom stereocenters. The van der Waals surface area contributed by atoms with Crippen LogP contribution in [0.15, 0.2) is 65.8 Å². The Morgan fingerprint density at radius 3 is 2.36 bits per heavy atom. The number of carbonyl (C=O) groups is 1. The Labute approximate surface area is 193 Å². The van der Waals surface area contributed by atoms with Gasteiger partial charge in [0.25, 0.3) is 0 Å². The molecule has 0 spiro atoms. The molecule has 8 heteroatoms. The number of pyridine rings is 1. The van der Waals surface area contributed by atoms with Crippen molar-refractivity contribution in [3.05, 3.63) is 71.9 Å². The number of aromatic amines is 1. The number of nitriles is 1. The lowest BCUT2D eigenvalue weighted by molar-refractivity contribution is -0.361. The zero-order valence-electron chi connectivity index (χ0n) is 19.1. The molecule has 5 N–H and O–H groups in total. The van der Waals surface area contributed by atoms with Crippen molar-refractivity contribution in [3.63, 3.8) is 0 Å². The van der Waals surface area contributed by atoms with E-state index in [1.165, 1.54) is 0 Å². The number of guanidine groups is 1. The first-order valence-corrected chi connectivity index (χ1v) is 10.4. The fourth-order valence-electron chi connectivity index (χ4n) is 2.99. The Balaban J connectivity index is 1.67. The maximum Gasteiger partial charge on any atom is 0.412 e. The molecule has 8 nitrogen and oxygen atoms in total. The molecule has 0 bridgehead atoms. The van der Waals surface area contributed by atoms with Gasteiger partial charge in [0.05, 0.1) is 17.4 Å². The van der Waals surface area contributed by atoms with Crippen LogP contribution < -0.4 is 21.4 Å². The maximum atomic E-state index is 11.9. The number of benzene rings is 2. The average molecular weight is 444 g/mol. The van der Waals surface area contributed by atoms with E-state index >= 15 is 0 Å². The summed E-state index contributed by atoms with van der Waals surface area (Å²) in [4.78, 5) is 19.3. The quantitative estimate of drug-likeness (QED) is 0.396. The second-order valence-electron chi connectivity index (χ2n) is 8.45. The van der Waals surface area contributed by atoms with E-state index in [9.17, 15) is 10.1 Å². The number of aromatic nitrogens is 1. The number of nitrogens with one attached hydrogen (secondary N) is 3. The molecule has 1 heterocycles. The highest BCUT2D eigenvalue weighted by atomic mass is 16.6. The zero-order chi connectivity index (χ0) is 24.0. The first kappa shape index (κ1) is 23.3. The van der Waals surface area contributed by atoms with Crippen LogP contribution in [-0.4, -0.2) is 17.7 Å². The van der Waals surface area contributed by atoms with E-state index in [4.69, 9.17) is 10.5 Å². The molecule has 0 aliphatic carbocycles. The first-order valence-electron chi connectivity index (χ1n) is 10.4. The molecule has 0 aliphatic heterocycles. The summed E-state index contributed by atoms with van der Waals surface area (Å²) in [7, 11) is 0. The lowest BCUT2D eigenvalue weighted by Crippen LogP contribution is -2.27. The number of carbonyl (C=O) groups excluding carboxylic acids is 1. The summed E-state index contributed by atoms with van der Waals surface area (Å²) >= 11 is 0. The largest absolute Gasteiger partial charge is 0.444 e. The van der Waals surface area contributed by atoms with Crippen molar-refractivity contribution >= 4 is 29.2 Å². The van der Waals surface area contributed by atoms with Crippen molar-refractivity contribution in [1.29, 1.82) is 5.26 Å². The molecule has 0 saturated carbocycles. The summed E-state index contributed by atoms with van der Waals surface area (Å²) in [6.45, 7) is 7.38. The molecule has 1 aromatic heterocycles. The minimum Gasteiger partial charge on any atom is -0.444 e. The van der Waals surface area contributed by atoms with E-state index < -0.39 is 11.7 Å².